The Labute approximate surface area is 124 Å². The van der Waals surface area contributed by atoms with E-state index in [9.17, 15) is 15.2 Å². The molecule has 0 spiro atoms. The molecule has 5 heteroatoms. The van der Waals surface area contributed by atoms with Crippen LogP contribution in [0.25, 0.3) is 0 Å². The van der Waals surface area contributed by atoms with Gasteiger partial charge in [0.1, 0.15) is 11.9 Å². The van der Waals surface area contributed by atoms with Crippen LogP contribution < -0.4 is 4.90 Å². The van der Waals surface area contributed by atoms with Crippen LogP contribution in [0.3, 0.4) is 0 Å². The lowest BCUT2D eigenvalue weighted by Gasteiger charge is -2.24. The number of aromatic nitrogens is 1. The maximum atomic E-state index is 11.6. The van der Waals surface area contributed by atoms with Gasteiger partial charge in [0, 0.05) is 18.8 Å². The second-order valence-electron chi connectivity index (χ2n) is 6.04. The number of carboxylic acid groups (broad SMARTS) is 1. The molecular weight excluding hydrogens is 266 g/mol. The number of hydrogen-bond donors (Lipinski definition) is 1. The molecule has 1 aliphatic carbocycles. The number of hydrogen-bond acceptors (Lipinski definition) is 4. The smallest absolute Gasteiger partial charge is 0.311 e. The van der Waals surface area contributed by atoms with Crippen molar-refractivity contribution in [1.82, 2.24) is 4.98 Å². The summed E-state index contributed by atoms with van der Waals surface area (Å²) >= 11 is 0. The second kappa shape index (κ2) is 5.03. The lowest BCUT2D eigenvalue weighted by molar-refractivity contribution is -0.147. The highest BCUT2D eigenvalue weighted by atomic mass is 16.4. The monoisotopic (exact) mass is 285 g/mol. The number of nitrogens with zero attached hydrogens (tertiary/aromatic N) is 3. The Kier molecular flexibility index (Phi) is 3.32. The SMILES string of the molecule is CCC1(C(=O)O)CCN(c2nc3c(cc2C#N)CCC3)C1. The van der Waals surface area contributed by atoms with E-state index in [0.29, 0.717) is 37.3 Å². The number of anilines is 1. The van der Waals surface area contributed by atoms with Crippen LogP contribution >= 0.6 is 0 Å². The first-order valence-electron chi connectivity index (χ1n) is 7.51. The fourth-order valence-electron chi connectivity index (χ4n) is 3.45. The summed E-state index contributed by atoms with van der Waals surface area (Å²) in [7, 11) is 0. The molecule has 110 valence electrons. The third kappa shape index (κ3) is 2.15. The van der Waals surface area contributed by atoms with Gasteiger partial charge in [-0.2, -0.15) is 5.26 Å². The fourth-order valence-corrected chi connectivity index (χ4v) is 3.45. The summed E-state index contributed by atoms with van der Waals surface area (Å²) in [5.41, 5.74) is 2.13. The van der Waals surface area contributed by atoms with E-state index in [1.54, 1.807) is 0 Å². The van der Waals surface area contributed by atoms with Gasteiger partial charge in [-0.1, -0.05) is 6.92 Å². The van der Waals surface area contributed by atoms with Gasteiger partial charge in [0.15, 0.2) is 0 Å². The summed E-state index contributed by atoms with van der Waals surface area (Å²) in [5, 5.41) is 18.9. The molecule has 1 saturated heterocycles. The number of nitriles is 1. The molecule has 0 saturated carbocycles. The van der Waals surface area contributed by atoms with Crippen LogP contribution in [0.4, 0.5) is 5.82 Å². The van der Waals surface area contributed by atoms with Crippen LogP contribution in [-0.2, 0) is 17.6 Å². The first-order valence-corrected chi connectivity index (χ1v) is 7.51. The third-order valence-corrected chi connectivity index (χ3v) is 4.93. The zero-order chi connectivity index (χ0) is 15.0. The van der Waals surface area contributed by atoms with E-state index in [1.807, 2.05) is 17.9 Å². The van der Waals surface area contributed by atoms with Crippen LogP contribution in [0.5, 0.6) is 0 Å². The van der Waals surface area contributed by atoms with E-state index >= 15 is 0 Å². The summed E-state index contributed by atoms with van der Waals surface area (Å²) in [6.07, 6.45) is 4.25. The first-order chi connectivity index (χ1) is 10.1. The molecule has 5 nitrogen and oxygen atoms in total. The van der Waals surface area contributed by atoms with Crippen molar-refractivity contribution < 1.29 is 9.90 Å². The van der Waals surface area contributed by atoms with Gasteiger partial charge >= 0.3 is 5.97 Å². The number of carboxylic acids is 1. The van der Waals surface area contributed by atoms with Gasteiger partial charge in [-0.15, -0.1) is 0 Å². The van der Waals surface area contributed by atoms with Crippen LogP contribution in [0.15, 0.2) is 6.07 Å². The Hall–Kier alpha value is -2.09. The summed E-state index contributed by atoms with van der Waals surface area (Å²) < 4.78 is 0. The van der Waals surface area contributed by atoms with Crippen molar-refractivity contribution in [3.8, 4) is 6.07 Å². The van der Waals surface area contributed by atoms with Crippen molar-refractivity contribution in [3.63, 3.8) is 0 Å². The van der Waals surface area contributed by atoms with Crippen LogP contribution in [0, 0.1) is 16.7 Å². The van der Waals surface area contributed by atoms with E-state index in [1.165, 1.54) is 5.56 Å². The number of fused-ring (bicyclic) bond motifs is 1. The highest BCUT2D eigenvalue weighted by Crippen LogP contribution is 2.38. The van der Waals surface area contributed by atoms with E-state index in [4.69, 9.17) is 0 Å². The molecule has 0 aromatic carbocycles. The van der Waals surface area contributed by atoms with Crippen LogP contribution in [0.1, 0.15) is 43.0 Å². The minimum absolute atomic E-state index is 0.444. The lowest BCUT2D eigenvalue weighted by atomic mass is 9.84. The van der Waals surface area contributed by atoms with E-state index in [0.717, 1.165) is 25.0 Å². The number of aryl methyl sites for hydroxylation is 2. The van der Waals surface area contributed by atoms with E-state index in [2.05, 4.69) is 11.1 Å². The van der Waals surface area contributed by atoms with Crippen molar-refractivity contribution in [2.24, 2.45) is 5.41 Å². The average molecular weight is 285 g/mol. The average Bonchev–Trinajstić information content (AvgIpc) is 3.12. The van der Waals surface area contributed by atoms with E-state index in [-0.39, 0.29) is 0 Å². The minimum atomic E-state index is -0.743. The van der Waals surface area contributed by atoms with Gasteiger partial charge in [0.2, 0.25) is 0 Å². The number of carbonyl (C=O) groups is 1. The molecule has 21 heavy (non-hydrogen) atoms. The van der Waals surface area contributed by atoms with Gasteiger partial charge in [0.05, 0.1) is 11.0 Å². The molecule has 1 aromatic rings. The van der Waals surface area contributed by atoms with E-state index < -0.39 is 11.4 Å². The molecule has 1 atom stereocenters. The van der Waals surface area contributed by atoms with Crippen molar-refractivity contribution in [1.29, 1.82) is 5.26 Å². The maximum absolute atomic E-state index is 11.6. The van der Waals surface area contributed by atoms with Crippen molar-refractivity contribution >= 4 is 11.8 Å². The Morgan fingerprint density at radius 2 is 2.38 bits per heavy atom. The molecule has 0 radical (unpaired) electrons. The molecule has 1 aliphatic heterocycles. The lowest BCUT2D eigenvalue weighted by Crippen LogP contribution is -2.34. The zero-order valence-electron chi connectivity index (χ0n) is 12.2. The van der Waals surface area contributed by atoms with Crippen molar-refractivity contribution in [2.45, 2.75) is 39.0 Å². The number of pyridine rings is 1. The Morgan fingerprint density at radius 3 is 3.00 bits per heavy atom. The topological polar surface area (TPSA) is 77.2 Å². The van der Waals surface area contributed by atoms with Gasteiger partial charge in [-0.25, -0.2) is 4.98 Å². The second-order valence-corrected chi connectivity index (χ2v) is 6.04. The third-order valence-electron chi connectivity index (χ3n) is 4.93. The molecule has 1 unspecified atom stereocenters. The number of aliphatic carboxylic acids is 1. The Bertz CT molecular complexity index is 635. The van der Waals surface area contributed by atoms with Gasteiger partial charge in [-0.05, 0) is 43.7 Å². The summed E-state index contributed by atoms with van der Waals surface area (Å²) in [4.78, 5) is 18.2. The molecule has 1 aromatic heterocycles. The minimum Gasteiger partial charge on any atom is -0.481 e. The largest absolute Gasteiger partial charge is 0.481 e. The predicted molar refractivity (Wildman–Crippen MR) is 78.2 cm³/mol. The normalized spacial score (nSPS) is 23.9. The van der Waals surface area contributed by atoms with Gasteiger partial charge < -0.3 is 10.0 Å². The molecular formula is C16H19N3O2. The molecule has 2 aliphatic rings. The maximum Gasteiger partial charge on any atom is 0.311 e. The Morgan fingerprint density at radius 1 is 1.57 bits per heavy atom. The Balaban J connectivity index is 1.95. The molecule has 0 bridgehead atoms. The zero-order valence-corrected chi connectivity index (χ0v) is 12.2. The molecule has 1 N–H and O–H groups in total. The summed E-state index contributed by atoms with van der Waals surface area (Å²) in [6.45, 7) is 3.01. The quantitative estimate of drug-likeness (QED) is 0.920. The highest BCUT2D eigenvalue weighted by Gasteiger charge is 2.44. The van der Waals surface area contributed by atoms with Gasteiger partial charge in [0.25, 0.3) is 0 Å². The van der Waals surface area contributed by atoms with Crippen molar-refractivity contribution in [3.05, 3.63) is 22.9 Å². The first kappa shape index (κ1) is 13.9. The highest BCUT2D eigenvalue weighted by molar-refractivity contribution is 5.77. The predicted octanol–water partition coefficient (Wildman–Crippen LogP) is 2.13. The molecule has 0 amide bonds. The molecule has 3 rings (SSSR count). The van der Waals surface area contributed by atoms with Crippen LogP contribution in [0.2, 0.25) is 0 Å². The van der Waals surface area contributed by atoms with Crippen LogP contribution in [-0.4, -0.2) is 29.1 Å². The number of rotatable bonds is 3. The van der Waals surface area contributed by atoms with Crippen molar-refractivity contribution in [2.75, 3.05) is 18.0 Å². The molecule has 1 fully saturated rings. The molecule has 2 heterocycles. The summed E-state index contributed by atoms with van der Waals surface area (Å²) in [6, 6.07) is 4.17. The fraction of sp³-hybridized carbons (Fsp3) is 0.562. The van der Waals surface area contributed by atoms with Gasteiger partial charge in [-0.3, -0.25) is 4.79 Å². The summed E-state index contributed by atoms with van der Waals surface area (Å²) in [5.74, 6) is -0.0677. The standard InChI is InChI=1S/C16H19N3O2/c1-2-16(15(20)21)6-7-19(10-16)14-12(9-17)8-11-4-3-5-13(11)18-14/h8H,2-7,10H2,1H3,(H,20,21).